The van der Waals surface area contributed by atoms with Gasteiger partial charge in [-0.25, -0.2) is 13.4 Å². The zero-order valence-electron chi connectivity index (χ0n) is 21.3. The van der Waals surface area contributed by atoms with Gasteiger partial charge in [0.25, 0.3) is 5.91 Å². The van der Waals surface area contributed by atoms with Crippen LogP contribution in [0.25, 0.3) is 10.2 Å². The summed E-state index contributed by atoms with van der Waals surface area (Å²) in [6.07, 6.45) is 4.34. The number of sulfonamides is 1. The maximum atomic E-state index is 13.7. The predicted molar refractivity (Wildman–Crippen MR) is 158 cm³/mol. The van der Waals surface area contributed by atoms with E-state index in [-0.39, 0.29) is 4.90 Å². The number of ether oxygens (including phenoxy) is 1. The van der Waals surface area contributed by atoms with Gasteiger partial charge in [0.2, 0.25) is 15.2 Å². The van der Waals surface area contributed by atoms with Crippen molar-refractivity contribution in [1.82, 2.24) is 9.29 Å². The molecule has 0 bridgehead atoms. The minimum Gasteiger partial charge on any atom is -0.494 e. The monoisotopic (exact) mass is 626 g/mol. The molecule has 4 aromatic rings. The van der Waals surface area contributed by atoms with Gasteiger partial charge in [0.05, 0.1) is 27.9 Å². The van der Waals surface area contributed by atoms with Crippen molar-refractivity contribution in [2.24, 2.45) is 5.10 Å². The Morgan fingerprint density at radius 2 is 1.79 bits per heavy atom. The normalized spacial score (nSPS) is 14.6. The van der Waals surface area contributed by atoms with Crippen LogP contribution in [-0.2, 0) is 10.0 Å². The summed E-state index contributed by atoms with van der Waals surface area (Å²) in [5.74, 6) is 0.330. The lowest BCUT2D eigenvalue weighted by Crippen LogP contribution is -2.35. The number of thiazole rings is 1. The molecule has 1 fully saturated rings. The second-order valence-corrected chi connectivity index (χ2v) is 12.8. The van der Waals surface area contributed by atoms with Gasteiger partial charge in [-0.3, -0.25) is 4.79 Å². The van der Waals surface area contributed by atoms with Crippen LogP contribution < -0.4 is 9.75 Å². The number of hydrazone groups is 1. The summed E-state index contributed by atoms with van der Waals surface area (Å²) in [5.41, 5.74) is 1.83. The third-order valence-corrected chi connectivity index (χ3v) is 9.68. The first-order valence-electron chi connectivity index (χ1n) is 12.6. The molecule has 5 rings (SSSR count). The Kier molecular flexibility index (Phi) is 8.41. The van der Waals surface area contributed by atoms with E-state index in [0.29, 0.717) is 30.4 Å². The van der Waals surface area contributed by atoms with E-state index >= 15 is 0 Å². The second kappa shape index (κ2) is 12.0. The van der Waals surface area contributed by atoms with E-state index in [4.69, 9.17) is 4.74 Å². The largest absolute Gasteiger partial charge is 0.494 e. The van der Waals surface area contributed by atoms with Gasteiger partial charge >= 0.3 is 0 Å². The number of halogens is 1. The van der Waals surface area contributed by atoms with Crippen LogP contribution in [0.1, 0.15) is 42.1 Å². The van der Waals surface area contributed by atoms with Crippen molar-refractivity contribution in [2.75, 3.05) is 24.7 Å². The topological polar surface area (TPSA) is 92.2 Å². The third kappa shape index (κ3) is 6.22. The van der Waals surface area contributed by atoms with Crippen molar-refractivity contribution >= 4 is 64.8 Å². The Morgan fingerprint density at radius 3 is 2.49 bits per heavy atom. The Labute approximate surface area is 240 Å². The summed E-state index contributed by atoms with van der Waals surface area (Å²) < 4.78 is 34.9. The summed E-state index contributed by atoms with van der Waals surface area (Å²) in [6.45, 7) is 3.53. The number of rotatable bonds is 8. The zero-order chi connectivity index (χ0) is 27.4. The van der Waals surface area contributed by atoms with Gasteiger partial charge in [-0.1, -0.05) is 33.7 Å². The van der Waals surface area contributed by atoms with Crippen molar-refractivity contribution in [3.63, 3.8) is 0 Å². The van der Waals surface area contributed by atoms with Gasteiger partial charge in [-0.2, -0.15) is 14.4 Å². The molecular weight excluding hydrogens is 600 g/mol. The first-order chi connectivity index (χ1) is 18.8. The number of hydrogen-bond donors (Lipinski definition) is 0. The minimum atomic E-state index is -3.60. The average molecular weight is 628 g/mol. The van der Waals surface area contributed by atoms with Crippen molar-refractivity contribution < 1.29 is 17.9 Å². The van der Waals surface area contributed by atoms with Crippen LogP contribution in [0.3, 0.4) is 0 Å². The number of benzene rings is 3. The van der Waals surface area contributed by atoms with Crippen molar-refractivity contribution in [3.05, 3.63) is 82.3 Å². The molecule has 0 spiro atoms. The number of amides is 1. The van der Waals surface area contributed by atoms with Crippen LogP contribution in [0.5, 0.6) is 5.75 Å². The van der Waals surface area contributed by atoms with Gasteiger partial charge in [-0.15, -0.1) is 0 Å². The van der Waals surface area contributed by atoms with Gasteiger partial charge in [0.1, 0.15) is 5.75 Å². The van der Waals surface area contributed by atoms with Gasteiger partial charge in [0, 0.05) is 23.1 Å². The van der Waals surface area contributed by atoms with Crippen molar-refractivity contribution in [2.45, 2.75) is 31.1 Å². The molecule has 0 radical (unpaired) electrons. The van der Waals surface area contributed by atoms with Crippen molar-refractivity contribution in [1.29, 1.82) is 0 Å². The number of anilines is 1. The average Bonchev–Trinajstić information content (AvgIpc) is 3.37. The van der Waals surface area contributed by atoms with Crippen LogP contribution in [0, 0.1) is 0 Å². The summed E-state index contributed by atoms with van der Waals surface area (Å²) >= 11 is 4.82. The fourth-order valence-corrected chi connectivity index (χ4v) is 7.24. The van der Waals surface area contributed by atoms with Crippen LogP contribution in [0.2, 0.25) is 0 Å². The summed E-state index contributed by atoms with van der Waals surface area (Å²) in [5, 5.41) is 6.16. The molecule has 0 atom stereocenters. The lowest BCUT2D eigenvalue weighted by Gasteiger charge is -2.25. The molecule has 0 N–H and O–H groups in total. The van der Waals surface area contributed by atoms with E-state index in [1.165, 1.54) is 44.9 Å². The van der Waals surface area contributed by atoms with Crippen LogP contribution in [0.4, 0.5) is 5.13 Å². The number of carbonyl (C=O) groups is 1. The summed E-state index contributed by atoms with van der Waals surface area (Å²) in [6, 6.07) is 19.1. The molecule has 1 aromatic heterocycles. The fourth-order valence-electron chi connectivity index (χ4n) is 4.25. The molecule has 8 nitrogen and oxygen atoms in total. The van der Waals surface area contributed by atoms with Gasteiger partial charge < -0.3 is 4.74 Å². The molecule has 2 heterocycles. The van der Waals surface area contributed by atoms with E-state index in [1.54, 1.807) is 6.21 Å². The number of piperidine rings is 1. The first-order valence-corrected chi connectivity index (χ1v) is 15.7. The smallest absolute Gasteiger partial charge is 0.280 e. The molecule has 0 unspecified atom stereocenters. The number of nitrogens with zero attached hydrogens (tertiary/aromatic N) is 4. The van der Waals surface area contributed by atoms with Crippen molar-refractivity contribution in [3.8, 4) is 5.75 Å². The summed E-state index contributed by atoms with van der Waals surface area (Å²) in [4.78, 5) is 18.5. The van der Waals surface area contributed by atoms with E-state index < -0.39 is 15.9 Å². The number of hydrogen-bond acceptors (Lipinski definition) is 7. The standard InChI is InChI=1S/C28H27BrN4O4S2/c1-2-37-23-11-6-20(7-12-23)19-30-33(28-31-25-15-10-22(29)18-26(25)38-28)27(34)21-8-13-24(14-9-21)39(35,36)32-16-4-3-5-17-32/h6-15,18-19H,2-5,16-17H2,1H3/b30-19+. The molecule has 1 aliphatic heterocycles. The highest BCUT2D eigenvalue weighted by Crippen LogP contribution is 2.32. The lowest BCUT2D eigenvalue weighted by molar-refractivity contribution is 0.0987. The molecular formula is C28H27BrN4O4S2. The molecule has 0 aliphatic carbocycles. The highest BCUT2D eigenvalue weighted by atomic mass is 79.9. The van der Waals surface area contributed by atoms with E-state index in [9.17, 15) is 13.2 Å². The number of aromatic nitrogens is 1. The highest BCUT2D eigenvalue weighted by molar-refractivity contribution is 9.10. The van der Waals surface area contributed by atoms with Gasteiger partial charge in [-0.05, 0) is 92.1 Å². The fraction of sp³-hybridized carbons (Fsp3) is 0.250. The maximum absolute atomic E-state index is 13.7. The third-order valence-electron chi connectivity index (χ3n) is 6.28. The van der Waals surface area contributed by atoms with E-state index in [2.05, 4.69) is 26.0 Å². The first kappa shape index (κ1) is 27.4. The summed E-state index contributed by atoms with van der Waals surface area (Å²) in [7, 11) is -3.60. The lowest BCUT2D eigenvalue weighted by atomic mass is 10.2. The molecule has 1 amide bonds. The Bertz CT molecular complexity index is 1600. The molecule has 1 saturated heterocycles. The van der Waals surface area contributed by atoms with E-state index in [0.717, 1.165) is 45.3 Å². The predicted octanol–water partition coefficient (Wildman–Crippen LogP) is 6.31. The number of fused-ring (bicyclic) bond motifs is 1. The van der Waals surface area contributed by atoms with Crippen LogP contribution in [0.15, 0.2) is 81.2 Å². The van der Waals surface area contributed by atoms with Gasteiger partial charge in [0.15, 0.2) is 0 Å². The Morgan fingerprint density at radius 1 is 1.08 bits per heavy atom. The highest BCUT2D eigenvalue weighted by Gasteiger charge is 2.27. The molecule has 202 valence electrons. The minimum absolute atomic E-state index is 0.176. The number of carbonyl (C=O) groups excluding carboxylic acids is 1. The maximum Gasteiger partial charge on any atom is 0.280 e. The Balaban J connectivity index is 1.46. The second-order valence-electron chi connectivity index (χ2n) is 8.96. The molecule has 0 saturated carbocycles. The van der Waals surface area contributed by atoms with E-state index in [1.807, 2.05) is 49.4 Å². The molecule has 11 heteroatoms. The quantitative estimate of drug-likeness (QED) is 0.169. The molecule has 3 aromatic carbocycles. The SMILES string of the molecule is CCOc1ccc(/C=N/N(C(=O)c2ccc(S(=O)(=O)N3CCCCC3)cc2)c2nc3ccc(Br)cc3s2)cc1. The zero-order valence-corrected chi connectivity index (χ0v) is 24.5. The van der Waals surface area contributed by atoms with Crippen LogP contribution >= 0.6 is 27.3 Å². The molecule has 39 heavy (non-hydrogen) atoms. The Hall–Kier alpha value is -3.12. The molecule has 1 aliphatic rings. The van der Waals surface area contributed by atoms with Crippen LogP contribution in [-0.4, -0.2) is 49.5 Å².